The summed E-state index contributed by atoms with van der Waals surface area (Å²) in [5, 5.41) is 2.43. The first-order valence-electron chi connectivity index (χ1n) is 7.47. The minimum absolute atomic E-state index is 0.0748. The fraction of sp³-hybridized carbons (Fsp3) is 0.222. The third-order valence-electron chi connectivity index (χ3n) is 3.63. The van der Waals surface area contributed by atoms with Gasteiger partial charge in [0, 0.05) is 12.1 Å². The van der Waals surface area contributed by atoms with Crippen molar-refractivity contribution in [1.82, 2.24) is 5.32 Å². The average Bonchev–Trinajstić information content (AvgIpc) is 2.64. The first-order chi connectivity index (χ1) is 12.3. The van der Waals surface area contributed by atoms with Crippen LogP contribution in [-0.4, -0.2) is 26.1 Å². The van der Waals surface area contributed by atoms with E-state index >= 15 is 0 Å². The second kappa shape index (κ2) is 7.90. The molecule has 0 aromatic heterocycles. The number of hydrogen-bond donors (Lipinski definition) is 1. The number of carbonyl (C=O) groups is 2. The number of rotatable bonds is 5. The van der Waals surface area contributed by atoms with Crippen LogP contribution >= 0.6 is 0 Å². The van der Waals surface area contributed by atoms with Crippen LogP contribution in [0.2, 0.25) is 0 Å². The molecular formula is C18H16F3NO4. The van der Waals surface area contributed by atoms with Crippen LogP contribution in [0.5, 0.6) is 5.75 Å². The van der Waals surface area contributed by atoms with Crippen LogP contribution in [0.1, 0.15) is 31.8 Å². The highest BCUT2D eigenvalue weighted by Crippen LogP contribution is 2.34. The molecule has 0 saturated carbocycles. The van der Waals surface area contributed by atoms with Gasteiger partial charge < -0.3 is 14.8 Å². The highest BCUT2D eigenvalue weighted by atomic mass is 19.4. The van der Waals surface area contributed by atoms with Gasteiger partial charge in [-0.1, -0.05) is 6.07 Å². The average molecular weight is 367 g/mol. The number of amides is 1. The lowest BCUT2D eigenvalue weighted by Gasteiger charge is -2.15. The zero-order valence-electron chi connectivity index (χ0n) is 14.0. The summed E-state index contributed by atoms with van der Waals surface area (Å²) in [7, 11) is 2.50. The van der Waals surface area contributed by atoms with Crippen molar-refractivity contribution >= 4 is 11.9 Å². The van der Waals surface area contributed by atoms with E-state index in [0.717, 1.165) is 6.07 Å². The Morgan fingerprint density at radius 2 is 1.62 bits per heavy atom. The van der Waals surface area contributed by atoms with Crippen molar-refractivity contribution < 1.29 is 32.2 Å². The zero-order valence-corrected chi connectivity index (χ0v) is 14.0. The highest BCUT2D eigenvalue weighted by molar-refractivity contribution is 5.96. The molecule has 0 spiro atoms. The van der Waals surface area contributed by atoms with Crippen LogP contribution in [0.4, 0.5) is 13.2 Å². The molecule has 0 aliphatic carbocycles. The minimum atomic E-state index is -4.57. The van der Waals surface area contributed by atoms with Crippen molar-refractivity contribution in [2.24, 2.45) is 0 Å². The lowest BCUT2D eigenvalue weighted by molar-refractivity contribution is -0.138. The first-order valence-corrected chi connectivity index (χ1v) is 7.47. The Morgan fingerprint density at radius 1 is 1.00 bits per heavy atom. The molecule has 2 rings (SSSR count). The fourth-order valence-corrected chi connectivity index (χ4v) is 2.25. The molecule has 26 heavy (non-hydrogen) atoms. The normalized spacial score (nSPS) is 11.0. The van der Waals surface area contributed by atoms with Gasteiger partial charge in [0.1, 0.15) is 5.75 Å². The van der Waals surface area contributed by atoms with Gasteiger partial charge in [-0.2, -0.15) is 13.2 Å². The number of hydrogen-bond acceptors (Lipinski definition) is 4. The van der Waals surface area contributed by atoms with Crippen LogP contribution in [0.25, 0.3) is 0 Å². The summed E-state index contributed by atoms with van der Waals surface area (Å²) < 4.78 is 48.8. The van der Waals surface area contributed by atoms with Crippen molar-refractivity contribution in [1.29, 1.82) is 0 Å². The van der Waals surface area contributed by atoms with E-state index in [-0.39, 0.29) is 29.0 Å². The molecule has 0 aliphatic heterocycles. The van der Waals surface area contributed by atoms with E-state index in [1.165, 1.54) is 50.6 Å². The number of carbonyl (C=O) groups excluding carboxylic acids is 2. The summed E-state index contributed by atoms with van der Waals surface area (Å²) in [6.45, 7) is -0.309. The van der Waals surface area contributed by atoms with Crippen LogP contribution in [0.15, 0.2) is 42.5 Å². The van der Waals surface area contributed by atoms with Crippen molar-refractivity contribution in [3.05, 3.63) is 64.7 Å². The number of methoxy groups -OCH3 is 2. The SMILES string of the molecule is COC(=O)c1ccc(C(=O)NCc2ccc(OC)cc2C(F)(F)F)cc1. The lowest BCUT2D eigenvalue weighted by Crippen LogP contribution is -2.24. The molecule has 0 aliphatic rings. The largest absolute Gasteiger partial charge is 0.497 e. The lowest BCUT2D eigenvalue weighted by atomic mass is 10.1. The molecule has 2 aromatic carbocycles. The van der Waals surface area contributed by atoms with E-state index in [4.69, 9.17) is 4.74 Å². The molecule has 0 fully saturated rings. The molecule has 0 bridgehead atoms. The monoisotopic (exact) mass is 367 g/mol. The fourth-order valence-electron chi connectivity index (χ4n) is 2.25. The van der Waals surface area contributed by atoms with E-state index in [1.807, 2.05) is 0 Å². The van der Waals surface area contributed by atoms with Gasteiger partial charge in [-0.25, -0.2) is 4.79 Å². The van der Waals surface area contributed by atoms with Gasteiger partial charge in [0.25, 0.3) is 5.91 Å². The Kier molecular flexibility index (Phi) is 5.86. The van der Waals surface area contributed by atoms with Gasteiger partial charge in [0.2, 0.25) is 0 Å². The quantitative estimate of drug-likeness (QED) is 0.823. The van der Waals surface area contributed by atoms with E-state index in [0.29, 0.717) is 0 Å². The Labute approximate surface area is 147 Å². The summed E-state index contributed by atoms with van der Waals surface area (Å²) >= 11 is 0. The predicted molar refractivity (Wildman–Crippen MR) is 86.9 cm³/mol. The van der Waals surface area contributed by atoms with Gasteiger partial charge in [-0.15, -0.1) is 0 Å². The molecule has 8 heteroatoms. The van der Waals surface area contributed by atoms with E-state index in [9.17, 15) is 22.8 Å². The maximum atomic E-state index is 13.2. The van der Waals surface area contributed by atoms with Gasteiger partial charge in [-0.05, 0) is 42.0 Å². The number of esters is 1. The molecule has 0 saturated heterocycles. The van der Waals surface area contributed by atoms with Crippen LogP contribution in [-0.2, 0) is 17.5 Å². The maximum Gasteiger partial charge on any atom is 0.416 e. The number of nitrogens with one attached hydrogen (secondary N) is 1. The van der Waals surface area contributed by atoms with Crippen molar-refractivity contribution in [2.75, 3.05) is 14.2 Å². The first kappa shape index (κ1) is 19.3. The number of halogens is 3. The Hall–Kier alpha value is -3.03. The molecule has 2 aromatic rings. The molecule has 0 unspecified atom stereocenters. The number of alkyl halides is 3. The zero-order chi connectivity index (χ0) is 19.3. The van der Waals surface area contributed by atoms with Gasteiger partial charge in [-0.3, -0.25) is 4.79 Å². The summed E-state index contributed by atoms with van der Waals surface area (Å²) in [6, 6.07) is 9.10. The topological polar surface area (TPSA) is 64.6 Å². The summed E-state index contributed by atoms with van der Waals surface area (Å²) in [4.78, 5) is 23.5. The minimum Gasteiger partial charge on any atom is -0.497 e. The second-order valence-electron chi connectivity index (χ2n) is 5.27. The number of benzene rings is 2. The van der Waals surface area contributed by atoms with Crippen LogP contribution in [0, 0.1) is 0 Å². The van der Waals surface area contributed by atoms with Crippen LogP contribution in [0.3, 0.4) is 0 Å². The Bertz CT molecular complexity index is 801. The second-order valence-corrected chi connectivity index (χ2v) is 5.27. The molecule has 1 amide bonds. The standard InChI is InChI=1S/C18H16F3NO4/c1-25-14-8-7-13(15(9-14)18(19,20)21)10-22-16(23)11-3-5-12(6-4-11)17(24)26-2/h3-9H,10H2,1-2H3,(H,22,23). The van der Waals surface area contributed by atoms with Gasteiger partial charge >= 0.3 is 12.1 Å². The van der Waals surface area contributed by atoms with E-state index in [2.05, 4.69) is 10.1 Å². The smallest absolute Gasteiger partial charge is 0.416 e. The van der Waals surface area contributed by atoms with Gasteiger partial charge in [0.05, 0.1) is 25.3 Å². The summed E-state index contributed by atoms with van der Waals surface area (Å²) in [5.74, 6) is -1.04. The predicted octanol–water partition coefficient (Wildman–Crippen LogP) is 3.43. The molecule has 0 heterocycles. The molecule has 1 N–H and O–H groups in total. The maximum absolute atomic E-state index is 13.2. The van der Waals surface area contributed by atoms with Gasteiger partial charge in [0.15, 0.2) is 0 Å². The van der Waals surface area contributed by atoms with Crippen molar-refractivity contribution in [2.45, 2.75) is 12.7 Å². The molecule has 138 valence electrons. The van der Waals surface area contributed by atoms with Crippen molar-refractivity contribution in [3.63, 3.8) is 0 Å². The third kappa shape index (κ3) is 4.53. The Balaban J connectivity index is 2.13. The summed E-state index contributed by atoms with van der Waals surface area (Å²) in [5.41, 5.74) is -0.491. The molecule has 0 atom stereocenters. The third-order valence-corrected chi connectivity index (χ3v) is 3.63. The van der Waals surface area contributed by atoms with Crippen molar-refractivity contribution in [3.8, 4) is 5.75 Å². The molecule has 0 radical (unpaired) electrons. The van der Waals surface area contributed by atoms with E-state index in [1.54, 1.807) is 0 Å². The van der Waals surface area contributed by atoms with E-state index < -0.39 is 23.6 Å². The Morgan fingerprint density at radius 3 is 2.15 bits per heavy atom. The summed E-state index contributed by atoms with van der Waals surface area (Å²) in [6.07, 6.45) is -4.57. The molecule has 5 nitrogen and oxygen atoms in total. The number of ether oxygens (including phenoxy) is 2. The highest BCUT2D eigenvalue weighted by Gasteiger charge is 2.33. The molecular weight excluding hydrogens is 351 g/mol. The van der Waals surface area contributed by atoms with Crippen LogP contribution < -0.4 is 10.1 Å².